The molecule has 0 aliphatic heterocycles. The molecule has 2 aromatic rings. The minimum Gasteiger partial charge on any atom is -0.481 e. The first-order valence-corrected chi connectivity index (χ1v) is 4.40. The number of aryl methyl sites for hydroxylation is 1. The van der Waals surface area contributed by atoms with E-state index in [1.54, 1.807) is 19.1 Å². The molecule has 5 nitrogen and oxygen atoms in total. The highest BCUT2D eigenvalue weighted by atomic mass is 16.4. The number of hydrogen-bond donors (Lipinski definition) is 2. The van der Waals surface area contributed by atoms with Crippen LogP contribution in [0, 0.1) is 6.92 Å². The maximum atomic E-state index is 10.9. The van der Waals surface area contributed by atoms with Gasteiger partial charge in [-0.25, -0.2) is 4.79 Å². The van der Waals surface area contributed by atoms with Crippen molar-refractivity contribution >= 4 is 17.1 Å². The van der Waals surface area contributed by atoms with Crippen molar-refractivity contribution in [2.45, 2.75) is 13.3 Å². The average molecular weight is 207 g/mol. The number of carbonyl (C=O) groups is 1. The predicted molar refractivity (Wildman–Crippen MR) is 52.9 cm³/mol. The first-order valence-electron chi connectivity index (χ1n) is 4.40. The summed E-state index contributed by atoms with van der Waals surface area (Å²) in [5.74, 6) is -1.44. The van der Waals surface area contributed by atoms with Gasteiger partial charge in [-0.3, -0.25) is 9.78 Å². The zero-order chi connectivity index (χ0) is 11.0. The molecule has 0 saturated carbocycles. The molecule has 2 N–H and O–H groups in total. The molecule has 5 heteroatoms. The summed E-state index contributed by atoms with van der Waals surface area (Å²) in [7, 11) is 0. The summed E-state index contributed by atoms with van der Waals surface area (Å²) >= 11 is 0. The Balaban J connectivity index is 2.61. The molecule has 0 amide bonds. The minimum atomic E-state index is -0.911. The van der Waals surface area contributed by atoms with Crippen molar-refractivity contribution < 1.29 is 14.3 Å². The minimum absolute atomic E-state index is 0.0777. The summed E-state index contributed by atoms with van der Waals surface area (Å²) in [4.78, 5) is 24.0. The zero-order valence-corrected chi connectivity index (χ0v) is 8.03. The van der Waals surface area contributed by atoms with Gasteiger partial charge in [0, 0.05) is 0 Å². The molecule has 2 rings (SSSR count). The second-order valence-electron chi connectivity index (χ2n) is 3.37. The molecule has 1 heterocycles. The topological polar surface area (TPSA) is 83.3 Å². The van der Waals surface area contributed by atoms with Crippen LogP contribution in [0.5, 0.6) is 0 Å². The van der Waals surface area contributed by atoms with E-state index in [4.69, 9.17) is 9.52 Å². The average Bonchev–Trinajstić information content (AvgIpc) is 2.44. The summed E-state index contributed by atoms with van der Waals surface area (Å²) in [6, 6.07) is 3.29. The van der Waals surface area contributed by atoms with Gasteiger partial charge in [0.1, 0.15) is 0 Å². The summed E-state index contributed by atoms with van der Waals surface area (Å²) in [6.07, 6.45) is -0.0777. The SMILES string of the molecule is Cc1cc(CC(=O)O)cc2oc(=O)[nH]c12. The van der Waals surface area contributed by atoms with Gasteiger partial charge in [0.05, 0.1) is 11.9 Å². The number of H-pyrrole nitrogens is 1. The van der Waals surface area contributed by atoms with Gasteiger partial charge in [-0.2, -0.15) is 0 Å². The van der Waals surface area contributed by atoms with Crippen molar-refractivity contribution in [2.75, 3.05) is 0 Å². The first-order chi connectivity index (χ1) is 7.06. The highest BCUT2D eigenvalue weighted by molar-refractivity contribution is 5.79. The van der Waals surface area contributed by atoms with Crippen LogP contribution < -0.4 is 5.76 Å². The lowest BCUT2D eigenvalue weighted by atomic mass is 10.1. The van der Waals surface area contributed by atoms with E-state index in [-0.39, 0.29) is 6.42 Å². The fourth-order valence-electron chi connectivity index (χ4n) is 1.57. The molecule has 0 unspecified atom stereocenters. The van der Waals surface area contributed by atoms with E-state index in [1.807, 2.05) is 0 Å². The first kappa shape index (κ1) is 9.51. The van der Waals surface area contributed by atoms with Crippen molar-refractivity contribution in [2.24, 2.45) is 0 Å². The Morgan fingerprint density at radius 1 is 1.53 bits per heavy atom. The van der Waals surface area contributed by atoms with E-state index in [0.717, 1.165) is 5.56 Å². The molecule has 0 aliphatic carbocycles. The van der Waals surface area contributed by atoms with Gasteiger partial charge in [0.15, 0.2) is 5.58 Å². The normalized spacial score (nSPS) is 10.7. The quantitative estimate of drug-likeness (QED) is 0.771. The van der Waals surface area contributed by atoms with E-state index in [1.165, 1.54) is 0 Å². The molecule has 15 heavy (non-hydrogen) atoms. The van der Waals surface area contributed by atoms with E-state index < -0.39 is 11.7 Å². The summed E-state index contributed by atoms with van der Waals surface area (Å²) in [5.41, 5.74) is 2.44. The van der Waals surface area contributed by atoms with Crippen molar-refractivity contribution in [1.82, 2.24) is 4.98 Å². The number of carboxylic acids is 1. The number of aromatic amines is 1. The maximum absolute atomic E-state index is 10.9. The van der Waals surface area contributed by atoms with Crippen LogP contribution >= 0.6 is 0 Å². The predicted octanol–water partition coefficient (Wildman–Crippen LogP) is 1.06. The number of benzene rings is 1. The largest absolute Gasteiger partial charge is 0.481 e. The molecule has 0 fully saturated rings. The molecule has 0 spiro atoms. The number of oxazole rings is 1. The molecule has 1 aromatic heterocycles. The van der Waals surface area contributed by atoms with Gasteiger partial charge in [-0.05, 0) is 24.1 Å². The third-order valence-corrected chi connectivity index (χ3v) is 2.14. The highest BCUT2D eigenvalue weighted by Crippen LogP contribution is 2.17. The lowest BCUT2D eigenvalue weighted by Crippen LogP contribution is -2.00. The van der Waals surface area contributed by atoms with E-state index in [2.05, 4.69) is 4.98 Å². The number of hydrogen-bond acceptors (Lipinski definition) is 3. The number of nitrogens with one attached hydrogen (secondary N) is 1. The number of fused-ring (bicyclic) bond motifs is 1. The molecule has 78 valence electrons. The molecule has 1 aromatic carbocycles. The van der Waals surface area contributed by atoms with Crippen LogP contribution in [0.3, 0.4) is 0 Å². The van der Waals surface area contributed by atoms with Gasteiger partial charge in [0.2, 0.25) is 0 Å². The van der Waals surface area contributed by atoms with Gasteiger partial charge in [0.25, 0.3) is 0 Å². The Kier molecular flexibility index (Phi) is 2.07. The smallest absolute Gasteiger partial charge is 0.417 e. The van der Waals surface area contributed by atoms with E-state index >= 15 is 0 Å². The number of rotatable bonds is 2. The Bertz CT molecular complexity index is 579. The summed E-state index contributed by atoms with van der Waals surface area (Å²) < 4.78 is 4.87. The molecule has 0 aliphatic rings. The third-order valence-electron chi connectivity index (χ3n) is 2.14. The maximum Gasteiger partial charge on any atom is 0.417 e. The summed E-state index contributed by atoms with van der Waals surface area (Å²) in [5, 5.41) is 8.63. The van der Waals surface area contributed by atoms with Gasteiger partial charge < -0.3 is 9.52 Å². The summed E-state index contributed by atoms with van der Waals surface area (Å²) in [6.45, 7) is 1.79. The molecular weight excluding hydrogens is 198 g/mol. The van der Waals surface area contributed by atoms with Crippen LogP contribution in [0.1, 0.15) is 11.1 Å². The number of carboxylic acid groups (broad SMARTS) is 1. The second-order valence-corrected chi connectivity index (χ2v) is 3.37. The Labute approximate surface area is 84.3 Å². The second kappa shape index (κ2) is 3.27. The van der Waals surface area contributed by atoms with Gasteiger partial charge in [-0.15, -0.1) is 0 Å². The fraction of sp³-hybridized carbons (Fsp3) is 0.200. The lowest BCUT2D eigenvalue weighted by molar-refractivity contribution is -0.136. The Morgan fingerprint density at radius 3 is 2.93 bits per heavy atom. The Hall–Kier alpha value is -2.04. The molecule has 0 saturated heterocycles. The molecular formula is C10H9NO4. The van der Waals surface area contributed by atoms with E-state index in [9.17, 15) is 9.59 Å². The van der Waals surface area contributed by atoms with Crippen LogP contribution in [0.2, 0.25) is 0 Å². The fourth-order valence-corrected chi connectivity index (χ4v) is 1.57. The van der Waals surface area contributed by atoms with Crippen LogP contribution in [0.4, 0.5) is 0 Å². The Morgan fingerprint density at radius 2 is 2.27 bits per heavy atom. The number of aliphatic carboxylic acids is 1. The van der Waals surface area contributed by atoms with Crippen molar-refractivity contribution in [1.29, 1.82) is 0 Å². The van der Waals surface area contributed by atoms with Gasteiger partial charge in [-0.1, -0.05) is 6.07 Å². The molecule has 0 bridgehead atoms. The van der Waals surface area contributed by atoms with Crippen LogP contribution in [-0.4, -0.2) is 16.1 Å². The standard InChI is InChI=1S/C10H9NO4/c1-5-2-6(4-8(12)13)3-7-9(5)11-10(14)15-7/h2-3H,4H2,1H3,(H,11,14)(H,12,13). The van der Waals surface area contributed by atoms with Gasteiger partial charge >= 0.3 is 11.7 Å². The van der Waals surface area contributed by atoms with Crippen molar-refractivity contribution in [3.8, 4) is 0 Å². The highest BCUT2D eigenvalue weighted by Gasteiger charge is 2.08. The molecule has 0 radical (unpaired) electrons. The molecule has 0 atom stereocenters. The third kappa shape index (κ3) is 1.76. The zero-order valence-electron chi connectivity index (χ0n) is 8.03. The van der Waals surface area contributed by atoms with Crippen LogP contribution in [0.15, 0.2) is 21.3 Å². The van der Waals surface area contributed by atoms with E-state index in [0.29, 0.717) is 16.7 Å². The van der Waals surface area contributed by atoms with Crippen LogP contribution in [0.25, 0.3) is 11.1 Å². The monoisotopic (exact) mass is 207 g/mol. The lowest BCUT2D eigenvalue weighted by Gasteiger charge is -1.99. The van der Waals surface area contributed by atoms with Crippen molar-refractivity contribution in [3.63, 3.8) is 0 Å². The number of aromatic nitrogens is 1. The van der Waals surface area contributed by atoms with Crippen molar-refractivity contribution in [3.05, 3.63) is 33.8 Å². The van der Waals surface area contributed by atoms with Crippen LogP contribution in [-0.2, 0) is 11.2 Å².